The third kappa shape index (κ3) is 3.48. The average Bonchev–Trinajstić information content (AvgIpc) is 2.92. The van der Waals surface area contributed by atoms with Gasteiger partial charge in [0, 0.05) is 12.1 Å². The SMILES string of the molecule is Cc1ccc(C(=O)NCCC(O)c2ccco2)c(C)c1. The van der Waals surface area contributed by atoms with Crippen LogP contribution in [0.25, 0.3) is 0 Å². The summed E-state index contributed by atoms with van der Waals surface area (Å²) in [7, 11) is 0. The minimum Gasteiger partial charge on any atom is -0.467 e. The van der Waals surface area contributed by atoms with E-state index in [9.17, 15) is 9.90 Å². The number of aliphatic hydroxyl groups excluding tert-OH is 1. The Kier molecular flexibility index (Phi) is 4.58. The Hall–Kier alpha value is -2.07. The van der Waals surface area contributed by atoms with E-state index in [1.807, 2.05) is 32.0 Å². The van der Waals surface area contributed by atoms with Crippen LogP contribution in [-0.4, -0.2) is 17.6 Å². The van der Waals surface area contributed by atoms with Crippen LogP contribution < -0.4 is 5.32 Å². The number of benzene rings is 1. The van der Waals surface area contributed by atoms with Gasteiger partial charge in [0.1, 0.15) is 11.9 Å². The fourth-order valence-electron chi connectivity index (χ4n) is 2.11. The topological polar surface area (TPSA) is 62.5 Å². The number of rotatable bonds is 5. The Bertz CT molecular complexity index is 575. The number of carbonyl (C=O) groups excluding carboxylic acids is 1. The molecule has 0 aliphatic rings. The van der Waals surface area contributed by atoms with Gasteiger partial charge >= 0.3 is 0 Å². The van der Waals surface area contributed by atoms with Crippen molar-refractivity contribution in [2.75, 3.05) is 6.54 Å². The van der Waals surface area contributed by atoms with Crippen LogP contribution in [0.3, 0.4) is 0 Å². The number of nitrogens with one attached hydrogen (secondary N) is 1. The van der Waals surface area contributed by atoms with Gasteiger partial charge in [0.15, 0.2) is 0 Å². The van der Waals surface area contributed by atoms with Crippen LogP contribution in [0.15, 0.2) is 41.0 Å². The zero-order chi connectivity index (χ0) is 14.5. The third-order valence-electron chi connectivity index (χ3n) is 3.20. The van der Waals surface area contributed by atoms with Crippen molar-refractivity contribution in [3.05, 3.63) is 59.0 Å². The predicted molar refractivity (Wildman–Crippen MR) is 76.5 cm³/mol. The minimum absolute atomic E-state index is 0.117. The highest BCUT2D eigenvalue weighted by atomic mass is 16.4. The molecule has 20 heavy (non-hydrogen) atoms. The smallest absolute Gasteiger partial charge is 0.251 e. The monoisotopic (exact) mass is 273 g/mol. The molecule has 1 aromatic heterocycles. The Morgan fingerprint density at radius 3 is 2.80 bits per heavy atom. The molecule has 1 heterocycles. The van der Waals surface area contributed by atoms with E-state index in [1.54, 1.807) is 12.1 Å². The average molecular weight is 273 g/mol. The molecule has 0 radical (unpaired) electrons. The molecule has 4 nitrogen and oxygen atoms in total. The Labute approximate surface area is 118 Å². The molecule has 0 bridgehead atoms. The Morgan fingerprint density at radius 2 is 2.15 bits per heavy atom. The van der Waals surface area contributed by atoms with Crippen LogP contribution in [0, 0.1) is 13.8 Å². The first-order valence-electron chi connectivity index (χ1n) is 6.65. The number of hydrogen-bond donors (Lipinski definition) is 2. The van der Waals surface area contributed by atoms with Crippen molar-refractivity contribution >= 4 is 5.91 Å². The fourth-order valence-corrected chi connectivity index (χ4v) is 2.11. The quantitative estimate of drug-likeness (QED) is 0.880. The van der Waals surface area contributed by atoms with Crippen molar-refractivity contribution in [3.8, 4) is 0 Å². The van der Waals surface area contributed by atoms with E-state index >= 15 is 0 Å². The number of hydrogen-bond acceptors (Lipinski definition) is 3. The predicted octanol–water partition coefficient (Wildman–Crippen LogP) is 2.75. The lowest BCUT2D eigenvalue weighted by Gasteiger charge is -2.10. The van der Waals surface area contributed by atoms with Crippen molar-refractivity contribution in [3.63, 3.8) is 0 Å². The lowest BCUT2D eigenvalue weighted by molar-refractivity contribution is 0.0935. The molecule has 1 atom stereocenters. The zero-order valence-electron chi connectivity index (χ0n) is 11.7. The molecule has 1 amide bonds. The molecule has 2 aromatic rings. The second-order valence-electron chi connectivity index (χ2n) is 4.89. The third-order valence-corrected chi connectivity index (χ3v) is 3.20. The highest BCUT2D eigenvalue weighted by Gasteiger charge is 2.12. The Morgan fingerprint density at radius 1 is 1.35 bits per heavy atom. The standard InChI is InChI=1S/C16H19NO3/c1-11-5-6-13(12(2)10-11)16(19)17-8-7-14(18)15-4-3-9-20-15/h3-6,9-10,14,18H,7-8H2,1-2H3,(H,17,19). The van der Waals surface area contributed by atoms with Gasteiger partial charge in [-0.05, 0) is 44.0 Å². The van der Waals surface area contributed by atoms with Crippen molar-refractivity contribution in [2.45, 2.75) is 26.4 Å². The van der Waals surface area contributed by atoms with Crippen molar-refractivity contribution in [1.82, 2.24) is 5.32 Å². The van der Waals surface area contributed by atoms with E-state index < -0.39 is 6.10 Å². The normalized spacial score (nSPS) is 12.2. The van der Waals surface area contributed by atoms with E-state index in [0.29, 0.717) is 24.3 Å². The first kappa shape index (κ1) is 14.3. The molecular weight excluding hydrogens is 254 g/mol. The maximum atomic E-state index is 12.0. The van der Waals surface area contributed by atoms with Gasteiger partial charge in [-0.15, -0.1) is 0 Å². The fraction of sp³-hybridized carbons (Fsp3) is 0.312. The van der Waals surface area contributed by atoms with E-state index in [0.717, 1.165) is 11.1 Å². The van der Waals surface area contributed by atoms with Gasteiger partial charge in [-0.2, -0.15) is 0 Å². The summed E-state index contributed by atoms with van der Waals surface area (Å²) in [6, 6.07) is 9.17. The lowest BCUT2D eigenvalue weighted by atomic mass is 10.1. The highest BCUT2D eigenvalue weighted by Crippen LogP contribution is 2.16. The lowest BCUT2D eigenvalue weighted by Crippen LogP contribution is -2.26. The first-order valence-corrected chi connectivity index (χ1v) is 6.65. The summed E-state index contributed by atoms with van der Waals surface area (Å²) in [5, 5.41) is 12.7. The van der Waals surface area contributed by atoms with Gasteiger partial charge in [0.25, 0.3) is 5.91 Å². The molecule has 4 heteroatoms. The number of carbonyl (C=O) groups is 1. The first-order chi connectivity index (χ1) is 9.58. The molecule has 2 rings (SSSR count). The molecule has 0 spiro atoms. The molecule has 1 unspecified atom stereocenters. The van der Waals surface area contributed by atoms with Gasteiger partial charge in [-0.3, -0.25) is 4.79 Å². The molecule has 106 valence electrons. The number of aryl methyl sites for hydroxylation is 2. The molecule has 0 aliphatic heterocycles. The second-order valence-corrected chi connectivity index (χ2v) is 4.89. The second kappa shape index (κ2) is 6.39. The molecule has 0 fully saturated rings. The maximum absolute atomic E-state index is 12.0. The van der Waals surface area contributed by atoms with E-state index in [2.05, 4.69) is 5.32 Å². The number of amides is 1. The number of furan rings is 1. The zero-order valence-corrected chi connectivity index (χ0v) is 11.7. The molecular formula is C16H19NO3. The largest absolute Gasteiger partial charge is 0.467 e. The highest BCUT2D eigenvalue weighted by molar-refractivity contribution is 5.95. The van der Waals surface area contributed by atoms with Crippen molar-refractivity contribution in [1.29, 1.82) is 0 Å². The molecule has 2 N–H and O–H groups in total. The summed E-state index contributed by atoms with van der Waals surface area (Å²) in [6.07, 6.45) is 1.25. The van der Waals surface area contributed by atoms with Gasteiger partial charge in [-0.25, -0.2) is 0 Å². The molecule has 0 saturated heterocycles. The Balaban J connectivity index is 1.86. The molecule has 1 aromatic carbocycles. The summed E-state index contributed by atoms with van der Waals surface area (Å²) in [4.78, 5) is 12.0. The van der Waals surface area contributed by atoms with Crippen molar-refractivity contribution < 1.29 is 14.3 Å². The molecule has 0 aliphatic carbocycles. The van der Waals surface area contributed by atoms with E-state index in [-0.39, 0.29) is 5.91 Å². The van der Waals surface area contributed by atoms with E-state index in [1.165, 1.54) is 6.26 Å². The van der Waals surface area contributed by atoms with Crippen LogP contribution in [0.1, 0.15) is 39.8 Å². The summed E-state index contributed by atoms with van der Waals surface area (Å²) < 4.78 is 5.11. The van der Waals surface area contributed by atoms with Gasteiger partial charge in [0.2, 0.25) is 0 Å². The van der Waals surface area contributed by atoms with Gasteiger partial charge in [0.05, 0.1) is 6.26 Å². The van der Waals surface area contributed by atoms with Crippen LogP contribution in [0.5, 0.6) is 0 Å². The van der Waals surface area contributed by atoms with Gasteiger partial charge < -0.3 is 14.8 Å². The number of aliphatic hydroxyl groups is 1. The summed E-state index contributed by atoms with van der Waals surface area (Å²) in [5.41, 5.74) is 2.75. The van der Waals surface area contributed by atoms with Crippen molar-refractivity contribution in [2.24, 2.45) is 0 Å². The van der Waals surface area contributed by atoms with Crippen LogP contribution >= 0.6 is 0 Å². The maximum Gasteiger partial charge on any atom is 0.251 e. The summed E-state index contributed by atoms with van der Waals surface area (Å²) in [6.45, 7) is 4.31. The minimum atomic E-state index is -0.690. The summed E-state index contributed by atoms with van der Waals surface area (Å²) in [5.74, 6) is 0.403. The van der Waals surface area contributed by atoms with Crippen LogP contribution in [0.4, 0.5) is 0 Å². The van der Waals surface area contributed by atoms with Crippen LogP contribution in [-0.2, 0) is 0 Å². The summed E-state index contributed by atoms with van der Waals surface area (Å²) >= 11 is 0. The van der Waals surface area contributed by atoms with Gasteiger partial charge in [-0.1, -0.05) is 17.7 Å². The molecule has 0 saturated carbocycles. The van der Waals surface area contributed by atoms with Crippen LogP contribution in [0.2, 0.25) is 0 Å². The van der Waals surface area contributed by atoms with E-state index in [4.69, 9.17) is 4.42 Å².